The summed E-state index contributed by atoms with van der Waals surface area (Å²) >= 11 is 5.83. The van der Waals surface area contributed by atoms with Gasteiger partial charge in [-0.3, -0.25) is 0 Å². The van der Waals surface area contributed by atoms with Gasteiger partial charge in [0.2, 0.25) is 0 Å². The number of anilines is 1. The first-order valence-corrected chi connectivity index (χ1v) is 7.95. The highest BCUT2D eigenvalue weighted by atomic mass is 35.5. The van der Waals surface area contributed by atoms with E-state index in [1.807, 2.05) is 24.4 Å². The fourth-order valence-corrected chi connectivity index (χ4v) is 2.96. The maximum absolute atomic E-state index is 5.83. The molecule has 0 atom stereocenters. The van der Waals surface area contributed by atoms with Crippen LogP contribution in [0.4, 0.5) is 5.69 Å². The number of nitrogens with zero attached hydrogens (tertiary/aromatic N) is 2. The van der Waals surface area contributed by atoms with Crippen molar-refractivity contribution in [3.63, 3.8) is 0 Å². The minimum atomic E-state index is 0.558. The molecule has 2 aromatic rings. The van der Waals surface area contributed by atoms with Gasteiger partial charge >= 0.3 is 0 Å². The summed E-state index contributed by atoms with van der Waals surface area (Å²) < 4.78 is 5.21. The Kier molecular flexibility index (Phi) is 4.80. The van der Waals surface area contributed by atoms with Crippen LogP contribution in [0.3, 0.4) is 0 Å². The molecule has 0 aliphatic carbocycles. The highest BCUT2D eigenvalue weighted by molar-refractivity contribution is 6.29. The van der Waals surface area contributed by atoms with Gasteiger partial charge < -0.3 is 14.5 Å². The predicted octanol–water partition coefficient (Wildman–Crippen LogP) is 1.65. The Balaban J connectivity index is 1.54. The number of quaternary nitrogens is 1. The number of benzene rings is 1. The molecule has 1 fully saturated rings. The van der Waals surface area contributed by atoms with Crippen molar-refractivity contribution in [3.05, 3.63) is 53.3 Å². The van der Waals surface area contributed by atoms with Crippen LogP contribution in [0.1, 0.15) is 5.56 Å². The largest absolute Gasteiger partial charge is 0.497 e. The summed E-state index contributed by atoms with van der Waals surface area (Å²) in [7, 11) is 1.70. The van der Waals surface area contributed by atoms with E-state index in [1.165, 1.54) is 11.3 Å². The fourth-order valence-electron chi connectivity index (χ4n) is 2.85. The smallest absolute Gasteiger partial charge is 0.129 e. The molecule has 1 aromatic carbocycles. The molecule has 0 bridgehead atoms. The van der Waals surface area contributed by atoms with E-state index in [1.54, 1.807) is 12.0 Å². The Hall–Kier alpha value is -1.78. The van der Waals surface area contributed by atoms with Crippen LogP contribution in [0.25, 0.3) is 0 Å². The minimum absolute atomic E-state index is 0.558. The third-order valence-electron chi connectivity index (χ3n) is 4.15. The molecule has 2 heterocycles. The van der Waals surface area contributed by atoms with Crippen LogP contribution in [0.2, 0.25) is 5.15 Å². The maximum Gasteiger partial charge on any atom is 0.129 e. The third-order valence-corrected chi connectivity index (χ3v) is 4.37. The van der Waals surface area contributed by atoms with Crippen LogP contribution in [0.5, 0.6) is 5.75 Å². The van der Waals surface area contributed by atoms with Gasteiger partial charge in [-0.25, -0.2) is 4.98 Å². The SMILES string of the molecule is COc1ccc(N2CC[NH+](Cc3ccc(Cl)nc3)CC2)cc1. The molecule has 0 saturated carbocycles. The van der Waals surface area contributed by atoms with Crippen LogP contribution in [-0.4, -0.2) is 38.3 Å². The lowest BCUT2D eigenvalue weighted by Gasteiger charge is -2.33. The quantitative estimate of drug-likeness (QED) is 0.869. The highest BCUT2D eigenvalue weighted by Crippen LogP contribution is 2.19. The number of piperazine rings is 1. The monoisotopic (exact) mass is 318 g/mol. The molecular formula is C17H21ClN3O+. The molecule has 0 spiro atoms. The molecular weight excluding hydrogens is 298 g/mol. The number of hydrogen-bond acceptors (Lipinski definition) is 3. The van der Waals surface area contributed by atoms with Crippen LogP contribution >= 0.6 is 11.6 Å². The zero-order chi connectivity index (χ0) is 15.4. The second-order valence-electron chi connectivity index (χ2n) is 5.60. The van der Waals surface area contributed by atoms with Crippen LogP contribution in [0, 0.1) is 0 Å². The van der Waals surface area contributed by atoms with Gasteiger partial charge in [-0.1, -0.05) is 11.6 Å². The van der Waals surface area contributed by atoms with Gasteiger partial charge in [0, 0.05) is 17.4 Å². The average Bonchev–Trinajstić information content (AvgIpc) is 2.58. The number of pyridine rings is 1. The minimum Gasteiger partial charge on any atom is -0.497 e. The molecule has 1 aromatic heterocycles. The molecule has 1 aliphatic rings. The van der Waals surface area contributed by atoms with Crippen molar-refractivity contribution < 1.29 is 9.64 Å². The zero-order valence-electron chi connectivity index (χ0n) is 12.8. The third kappa shape index (κ3) is 3.70. The highest BCUT2D eigenvalue weighted by Gasteiger charge is 2.20. The Morgan fingerprint density at radius 1 is 1.14 bits per heavy atom. The summed E-state index contributed by atoms with van der Waals surface area (Å²) in [5.74, 6) is 0.906. The standard InChI is InChI=1S/C17H20ClN3O/c1-22-16-5-3-15(4-6-16)21-10-8-20(9-11-21)13-14-2-7-17(18)19-12-14/h2-7,12H,8-11,13H2,1H3/p+1. The van der Waals surface area contributed by atoms with Crippen molar-refractivity contribution in [2.75, 3.05) is 38.2 Å². The summed E-state index contributed by atoms with van der Waals surface area (Å²) in [6.07, 6.45) is 1.88. The molecule has 0 radical (unpaired) electrons. The summed E-state index contributed by atoms with van der Waals surface area (Å²) in [5.41, 5.74) is 2.52. The number of hydrogen-bond donors (Lipinski definition) is 1. The molecule has 1 N–H and O–H groups in total. The number of ether oxygens (including phenoxy) is 1. The van der Waals surface area contributed by atoms with Crippen molar-refractivity contribution in [2.24, 2.45) is 0 Å². The zero-order valence-corrected chi connectivity index (χ0v) is 13.5. The number of aromatic nitrogens is 1. The lowest BCUT2D eigenvalue weighted by Crippen LogP contribution is -3.13. The lowest BCUT2D eigenvalue weighted by atomic mass is 10.2. The second kappa shape index (κ2) is 6.99. The van der Waals surface area contributed by atoms with Gasteiger partial charge in [0.05, 0.1) is 33.3 Å². The number of nitrogens with one attached hydrogen (secondary N) is 1. The van der Waals surface area contributed by atoms with Crippen molar-refractivity contribution in [1.29, 1.82) is 0 Å². The number of rotatable bonds is 4. The Morgan fingerprint density at radius 3 is 2.45 bits per heavy atom. The van der Waals surface area contributed by atoms with E-state index < -0.39 is 0 Å². The van der Waals surface area contributed by atoms with Crippen LogP contribution in [0.15, 0.2) is 42.6 Å². The fraction of sp³-hybridized carbons (Fsp3) is 0.353. The van der Waals surface area contributed by atoms with Crippen LogP contribution < -0.4 is 14.5 Å². The number of halogens is 1. The molecule has 1 aliphatic heterocycles. The molecule has 116 valence electrons. The Morgan fingerprint density at radius 2 is 1.86 bits per heavy atom. The van der Waals surface area contributed by atoms with Gasteiger partial charge in [-0.05, 0) is 36.4 Å². The summed E-state index contributed by atoms with van der Waals surface area (Å²) in [5, 5.41) is 0.558. The molecule has 5 heteroatoms. The van der Waals surface area contributed by atoms with E-state index in [-0.39, 0.29) is 0 Å². The Bertz CT molecular complexity index is 592. The van der Waals surface area contributed by atoms with Gasteiger partial charge in [0.25, 0.3) is 0 Å². The maximum atomic E-state index is 5.83. The van der Waals surface area contributed by atoms with E-state index in [4.69, 9.17) is 16.3 Å². The van der Waals surface area contributed by atoms with Crippen molar-refractivity contribution in [3.8, 4) is 5.75 Å². The molecule has 4 nitrogen and oxygen atoms in total. The van der Waals surface area contributed by atoms with Crippen molar-refractivity contribution in [1.82, 2.24) is 4.98 Å². The lowest BCUT2D eigenvalue weighted by molar-refractivity contribution is -0.914. The van der Waals surface area contributed by atoms with E-state index >= 15 is 0 Å². The normalized spacial score (nSPS) is 15.8. The summed E-state index contributed by atoms with van der Waals surface area (Å²) in [6.45, 7) is 5.43. The van der Waals surface area contributed by atoms with E-state index in [0.717, 1.165) is 38.5 Å². The van der Waals surface area contributed by atoms with E-state index in [0.29, 0.717) is 5.15 Å². The first kappa shape index (κ1) is 15.1. The van der Waals surface area contributed by atoms with Gasteiger partial charge in [-0.15, -0.1) is 0 Å². The predicted molar refractivity (Wildman–Crippen MR) is 88.9 cm³/mol. The topological polar surface area (TPSA) is 29.8 Å². The molecule has 3 rings (SSSR count). The second-order valence-corrected chi connectivity index (χ2v) is 5.99. The van der Waals surface area contributed by atoms with Gasteiger partial charge in [0.15, 0.2) is 0 Å². The van der Waals surface area contributed by atoms with Crippen molar-refractivity contribution >= 4 is 17.3 Å². The van der Waals surface area contributed by atoms with E-state index in [9.17, 15) is 0 Å². The molecule has 22 heavy (non-hydrogen) atoms. The number of methoxy groups -OCH3 is 1. The van der Waals surface area contributed by atoms with Gasteiger partial charge in [0.1, 0.15) is 17.4 Å². The molecule has 0 amide bonds. The van der Waals surface area contributed by atoms with E-state index in [2.05, 4.69) is 28.1 Å². The first-order chi connectivity index (χ1) is 10.7. The van der Waals surface area contributed by atoms with Crippen LogP contribution in [-0.2, 0) is 6.54 Å². The average molecular weight is 319 g/mol. The molecule has 1 saturated heterocycles. The van der Waals surface area contributed by atoms with Crippen molar-refractivity contribution in [2.45, 2.75) is 6.54 Å². The van der Waals surface area contributed by atoms with Gasteiger partial charge in [-0.2, -0.15) is 0 Å². The first-order valence-electron chi connectivity index (χ1n) is 7.57. The Labute approximate surface area is 136 Å². The molecule has 0 unspecified atom stereocenters. The summed E-state index contributed by atoms with van der Waals surface area (Å²) in [4.78, 5) is 8.18. The summed E-state index contributed by atoms with van der Waals surface area (Å²) in [6, 6.07) is 12.2.